The Morgan fingerprint density at radius 2 is 1.14 bits per heavy atom. The predicted octanol–water partition coefficient (Wildman–Crippen LogP) is 7.90. The summed E-state index contributed by atoms with van der Waals surface area (Å²) in [5, 5.41) is 15.8. The molecule has 0 aromatic heterocycles. The molecule has 37 heavy (non-hydrogen) atoms. The van der Waals surface area contributed by atoms with Gasteiger partial charge in [-0.3, -0.25) is 0 Å². The molecule has 0 saturated heterocycles. The number of rotatable bonds is 5. The van der Waals surface area contributed by atoms with Crippen LogP contribution in [0.4, 0.5) is 13.2 Å². The van der Waals surface area contributed by atoms with Crippen LogP contribution in [0.5, 0.6) is 5.75 Å². The van der Waals surface area contributed by atoms with Crippen molar-refractivity contribution in [2.75, 3.05) is 17.8 Å². The number of thioether (sulfide) groups is 1. The van der Waals surface area contributed by atoms with E-state index in [1.165, 1.54) is 4.90 Å². The average Bonchev–Trinajstić information content (AvgIpc) is 2.80. The molecule has 2 aromatic carbocycles. The van der Waals surface area contributed by atoms with Crippen LogP contribution in [0.3, 0.4) is 0 Å². The molecule has 0 unspecified atom stereocenters. The topological polar surface area (TPSA) is 89.0 Å². The molecular weight excluding hydrogens is 558 g/mol. The zero-order valence-electron chi connectivity index (χ0n) is 22.7. The van der Waals surface area contributed by atoms with Gasteiger partial charge in [0.05, 0.1) is 0 Å². The van der Waals surface area contributed by atoms with Crippen molar-refractivity contribution in [3.63, 3.8) is 0 Å². The Morgan fingerprint density at radius 1 is 0.838 bits per heavy atom. The van der Waals surface area contributed by atoms with Crippen LogP contribution in [-0.4, -0.2) is 54.4 Å². The van der Waals surface area contributed by atoms with Crippen LogP contribution in [0, 0.1) is 0 Å². The van der Waals surface area contributed by atoms with Crippen molar-refractivity contribution in [3.05, 3.63) is 60.7 Å². The summed E-state index contributed by atoms with van der Waals surface area (Å²) in [5.74, 6) is -0.679. The molecule has 0 heterocycles. The number of thiol groups is 2. The first kappa shape index (κ1) is 42.8. The van der Waals surface area contributed by atoms with Crippen LogP contribution >= 0.6 is 37.0 Å². The van der Waals surface area contributed by atoms with E-state index in [2.05, 4.69) is 85.2 Å². The number of aromatic hydroxyl groups is 1. The third-order valence-corrected chi connectivity index (χ3v) is 10.5. The normalized spacial score (nSPS) is 9.95. The first-order valence-corrected chi connectivity index (χ1v) is 16.0. The Labute approximate surface area is 238 Å². The number of hydrogen-bond donors (Lipinski definition) is 4. The predicted molar refractivity (Wildman–Crippen MR) is 164 cm³/mol. The number of alkyl halides is 3. The fourth-order valence-electron chi connectivity index (χ4n) is 3.29. The maximum absolute atomic E-state index is 10.6. The van der Waals surface area contributed by atoms with Crippen molar-refractivity contribution in [1.82, 2.24) is 0 Å². The molecule has 2 aromatic rings. The lowest BCUT2D eigenvalue weighted by Gasteiger charge is -2.26. The zero-order valence-corrected chi connectivity index (χ0v) is 26.5. The van der Waals surface area contributed by atoms with E-state index in [0.717, 1.165) is 28.1 Å². The SMILES string of the molecule is CC(C)[SiH](C(C)C)C(C)C.CSc1ccccc1.O.O=C(O)C(F)(F)F.Oc1ccccc1.SCCS. The van der Waals surface area contributed by atoms with Gasteiger partial charge in [0.1, 0.15) is 5.75 Å². The quantitative estimate of drug-likeness (QED) is 0.159. The van der Waals surface area contributed by atoms with Crippen molar-refractivity contribution in [2.45, 2.75) is 69.2 Å². The number of carboxylic acid groups (broad SMARTS) is 1. The third kappa shape index (κ3) is 29.1. The van der Waals surface area contributed by atoms with E-state index < -0.39 is 20.9 Å². The number of carbonyl (C=O) groups is 1. The molecule has 2 rings (SSSR count). The van der Waals surface area contributed by atoms with Crippen LogP contribution in [0.1, 0.15) is 41.5 Å². The van der Waals surface area contributed by atoms with Crippen molar-refractivity contribution in [1.29, 1.82) is 0 Å². The van der Waals surface area contributed by atoms with Gasteiger partial charge in [-0.2, -0.15) is 38.4 Å². The van der Waals surface area contributed by atoms with Gasteiger partial charge < -0.3 is 15.7 Å². The Kier molecular flexibility index (Phi) is 30.5. The maximum atomic E-state index is 10.6. The molecule has 4 nitrogen and oxygen atoms in total. The van der Waals surface area contributed by atoms with Crippen molar-refractivity contribution >= 4 is 51.8 Å². The lowest BCUT2D eigenvalue weighted by Crippen LogP contribution is -2.24. The Bertz CT molecular complexity index is 731. The van der Waals surface area contributed by atoms with Crippen LogP contribution in [0.25, 0.3) is 0 Å². The minimum Gasteiger partial charge on any atom is -0.508 e. The fourth-order valence-corrected chi connectivity index (χ4v) is 8.34. The second kappa shape index (κ2) is 26.3. The van der Waals surface area contributed by atoms with Crippen molar-refractivity contribution < 1.29 is 33.7 Å². The lowest BCUT2D eigenvalue weighted by atomic mass is 10.3. The fraction of sp³-hybridized carbons (Fsp3) is 0.500. The van der Waals surface area contributed by atoms with E-state index in [9.17, 15) is 13.2 Å². The molecule has 0 saturated carbocycles. The second-order valence-corrected chi connectivity index (χ2v) is 15.3. The van der Waals surface area contributed by atoms with Gasteiger partial charge >= 0.3 is 12.1 Å². The number of phenols is 1. The summed E-state index contributed by atoms with van der Waals surface area (Å²) >= 11 is 9.46. The van der Waals surface area contributed by atoms with Gasteiger partial charge in [-0.1, -0.05) is 94.6 Å². The molecule has 11 heteroatoms. The summed E-state index contributed by atoms with van der Waals surface area (Å²) in [7, 11) is -0.454. The number of benzene rings is 2. The molecule has 0 amide bonds. The number of phenolic OH excluding ortho intramolecular Hbond substituents is 1. The lowest BCUT2D eigenvalue weighted by molar-refractivity contribution is -0.192. The van der Waals surface area contributed by atoms with Crippen molar-refractivity contribution in [3.8, 4) is 5.75 Å². The summed E-state index contributed by atoms with van der Waals surface area (Å²) in [6.07, 6.45) is -3.00. The summed E-state index contributed by atoms with van der Waals surface area (Å²) in [5.41, 5.74) is 2.92. The van der Waals surface area contributed by atoms with E-state index in [1.807, 2.05) is 24.3 Å². The van der Waals surface area contributed by atoms with Crippen LogP contribution in [0.2, 0.25) is 16.6 Å². The largest absolute Gasteiger partial charge is 0.508 e. The highest BCUT2D eigenvalue weighted by molar-refractivity contribution is 7.98. The smallest absolute Gasteiger partial charge is 0.490 e. The molecule has 0 radical (unpaired) electrons. The Hall–Kier alpha value is -1.27. The van der Waals surface area contributed by atoms with Gasteiger partial charge in [0.15, 0.2) is 0 Å². The minimum atomic E-state index is -5.08. The number of hydrogen-bond acceptors (Lipinski definition) is 5. The summed E-state index contributed by atoms with van der Waals surface area (Å²) in [4.78, 5) is 10.2. The Balaban J connectivity index is -0.000000187. The average molecular weight is 603 g/mol. The van der Waals surface area contributed by atoms with E-state index in [-0.39, 0.29) is 5.48 Å². The van der Waals surface area contributed by atoms with Gasteiger partial charge in [0.25, 0.3) is 0 Å². The van der Waals surface area contributed by atoms with Gasteiger partial charge in [0.2, 0.25) is 0 Å². The highest BCUT2D eigenvalue weighted by Crippen LogP contribution is 2.29. The highest BCUT2D eigenvalue weighted by atomic mass is 32.2. The van der Waals surface area contributed by atoms with Crippen LogP contribution < -0.4 is 0 Å². The van der Waals surface area contributed by atoms with Crippen LogP contribution in [-0.2, 0) is 4.79 Å². The monoisotopic (exact) mass is 602 g/mol. The zero-order chi connectivity index (χ0) is 28.7. The minimum absolute atomic E-state index is 0. The number of halogens is 3. The van der Waals surface area contributed by atoms with E-state index in [4.69, 9.17) is 15.0 Å². The van der Waals surface area contributed by atoms with Gasteiger partial charge in [0, 0.05) is 13.7 Å². The van der Waals surface area contributed by atoms with E-state index in [0.29, 0.717) is 5.75 Å². The molecule has 216 valence electrons. The van der Waals surface area contributed by atoms with Gasteiger partial charge in [-0.05, 0) is 42.0 Å². The van der Waals surface area contributed by atoms with Gasteiger partial charge in [-0.15, -0.1) is 11.8 Å². The summed E-state index contributed by atoms with van der Waals surface area (Å²) < 4.78 is 31.7. The molecule has 0 atom stereocenters. The number of aliphatic carboxylic acids is 1. The highest BCUT2D eigenvalue weighted by Gasteiger charge is 2.38. The van der Waals surface area contributed by atoms with Crippen molar-refractivity contribution in [2.24, 2.45) is 0 Å². The van der Waals surface area contributed by atoms with Crippen LogP contribution in [0.15, 0.2) is 65.6 Å². The van der Waals surface area contributed by atoms with E-state index >= 15 is 0 Å². The molecule has 0 aliphatic heterocycles. The maximum Gasteiger partial charge on any atom is 0.490 e. The molecule has 4 N–H and O–H groups in total. The molecule has 0 bridgehead atoms. The number of carboxylic acids is 1. The standard InChI is InChI=1S/C9H22Si.C7H8S.C6H6O.C2HF3O2.C2H6S2.H2O/c1-7(2)10(8(3)4)9(5)6;1-8-7-5-3-2-4-6-7;7-6-4-2-1-3-5-6;3-2(4,5)1(6)7;3-1-2-4;/h7-10H,1-6H3;2-6H,1H3;1-5,7H;(H,6,7);3-4H,1-2H2;1H2. The first-order valence-electron chi connectivity index (χ1n) is 11.5. The Morgan fingerprint density at radius 3 is 1.24 bits per heavy atom. The second-order valence-electron chi connectivity index (χ2n) is 8.41. The van der Waals surface area contributed by atoms with Gasteiger partial charge in [-0.25, -0.2) is 4.79 Å². The first-order chi connectivity index (χ1) is 16.6. The summed E-state index contributed by atoms with van der Waals surface area (Å²) in [6.45, 7) is 14.3. The third-order valence-electron chi connectivity index (χ3n) is 4.39. The molecule has 0 aliphatic rings. The molecule has 0 fully saturated rings. The molecular formula is C26H45F3O4S3Si. The molecule has 0 spiro atoms. The number of para-hydroxylation sites is 1. The summed E-state index contributed by atoms with van der Waals surface area (Å²) in [6, 6.07) is 19.0. The van der Waals surface area contributed by atoms with E-state index in [1.54, 1.807) is 36.0 Å². The molecule has 0 aliphatic carbocycles.